The standard InChI is InChI=1S/C48H54ClN5O5/c1-33-38(8-5-9-40(33)41-10-6-12-44(34(41)2)57-21-7-18-53-20-17-48(32-53)15-13-35(25-50)14-16-48)31-59-46-24-45(58-30-37-22-36(26-51)27-52-28-37)39(23-42(46)49)29-54-19-4-3-11-43(54)47(55)56/h5-6,8-10,12,22-24,27-28,35,43H,3-4,7,11,13-21,29-32H2,1-2H3,(H,55,56)/t35?,43-,48?/m0/s1. The maximum absolute atomic E-state index is 12.1. The first-order valence-electron chi connectivity index (χ1n) is 21.0. The van der Waals surface area contributed by atoms with E-state index in [0.717, 1.165) is 96.4 Å². The van der Waals surface area contributed by atoms with Crippen molar-refractivity contribution in [2.45, 2.75) is 97.4 Å². The molecule has 10 nitrogen and oxygen atoms in total. The minimum Gasteiger partial charge on any atom is -0.493 e. The minimum atomic E-state index is -0.831. The van der Waals surface area contributed by atoms with Gasteiger partial charge in [0.1, 0.15) is 42.6 Å². The molecule has 308 valence electrons. The highest BCUT2D eigenvalue weighted by Gasteiger charge is 2.40. The molecule has 2 saturated heterocycles. The van der Waals surface area contributed by atoms with Gasteiger partial charge < -0.3 is 24.2 Å². The van der Waals surface area contributed by atoms with Crippen molar-refractivity contribution in [1.82, 2.24) is 14.8 Å². The lowest BCUT2D eigenvalue weighted by atomic mass is 9.70. The highest BCUT2D eigenvalue weighted by atomic mass is 35.5. The third-order valence-corrected chi connectivity index (χ3v) is 13.0. The van der Waals surface area contributed by atoms with Crippen LogP contribution in [0, 0.1) is 47.8 Å². The van der Waals surface area contributed by atoms with Crippen molar-refractivity contribution in [2.24, 2.45) is 11.3 Å². The van der Waals surface area contributed by atoms with Gasteiger partial charge in [-0.25, -0.2) is 0 Å². The van der Waals surface area contributed by atoms with Crippen LogP contribution in [0.5, 0.6) is 17.2 Å². The number of aromatic nitrogens is 1. The highest BCUT2D eigenvalue weighted by Crippen LogP contribution is 2.45. The number of nitriles is 2. The molecule has 0 unspecified atom stereocenters. The molecule has 0 radical (unpaired) electrons. The second kappa shape index (κ2) is 19.3. The highest BCUT2D eigenvalue weighted by molar-refractivity contribution is 6.32. The SMILES string of the molecule is Cc1c(COc2cc(OCc3cncc(C#N)c3)c(CN3CCCC[C@H]3C(=O)O)cc2Cl)cccc1-c1cccc(OCCCN2CCC3(CCC(C#N)CC3)C2)c1C. The summed E-state index contributed by atoms with van der Waals surface area (Å²) in [5.41, 5.74) is 7.77. The average molecular weight is 816 g/mol. The molecule has 11 heteroatoms. The number of aliphatic carboxylic acids is 1. The number of carbonyl (C=O) groups is 1. The number of hydrogen-bond donors (Lipinski definition) is 1. The van der Waals surface area contributed by atoms with Crippen molar-refractivity contribution >= 4 is 17.6 Å². The minimum absolute atomic E-state index is 0.159. The second-order valence-corrected chi connectivity index (χ2v) is 17.0. The van der Waals surface area contributed by atoms with Crippen LogP contribution in [0.4, 0.5) is 0 Å². The Morgan fingerprint density at radius 2 is 1.66 bits per heavy atom. The molecule has 3 aromatic carbocycles. The molecule has 1 N–H and O–H groups in total. The Morgan fingerprint density at radius 1 is 0.881 bits per heavy atom. The summed E-state index contributed by atoms with van der Waals surface area (Å²) in [6.45, 7) is 9.65. The van der Waals surface area contributed by atoms with Crippen molar-refractivity contribution in [3.8, 4) is 40.5 Å². The quantitative estimate of drug-likeness (QED) is 0.116. The van der Waals surface area contributed by atoms with Gasteiger partial charge in [-0.15, -0.1) is 0 Å². The van der Waals surface area contributed by atoms with E-state index in [9.17, 15) is 20.4 Å². The Kier molecular flexibility index (Phi) is 13.7. The van der Waals surface area contributed by atoms with Gasteiger partial charge in [0.05, 0.1) is 23.3 Å². The third kappa shape index (κ3) is 10.2. The Bertz CT molecular complexity index is 2210. The second-order valence-electron chi connectivity index (χ2n) is 16.6. The Morgan fingerprint density at radius 3 is 2.44 bits per heavy atom. The van der Waals surface area contributed by atoms with Crippen LogP contribution in [0.1, 0.15) is 91.2 Å². The van der Waals surface area contributed by atoms with Gasteiger partial charge in [0.2, 0.25) is 0 Å². The molecular formula is C48H54ClN5O5. The molecule has 1 atom stereocenters. The number of pyridine rings is 1. The molecule has 1 saturated carbocycles. The van der Waals surface area contributed by atoms with Crippen molar-refractivity contribution in [1.29, 1.82) is 10.5 Å². The number of hydrogen-bond acceptors (Lipinski definition) is 9. The van der Waals surface area contributed by atoms with E-state index >= 15 is 0 Å². The monoisotopic (exact) mass is 815 g/mol. The van der Waals surface area contributed by atoms with Crippen LogP contribution in [-0.4, -0.2) is 64.7 Å². The third-order valence-electron chi connectivity index (χ3n) is 12.7. The van der Waals surface area contributed by atoms with Crippen LogP contribution in [0.3, 0.4) is 0 Å². The summed E-state index contributed by atoms with van der Waals surface area (Å²) in [5, 5.41) is 29.0. The zero-order chi connectivity index (χ0) is 41.4. The van der Waals surface area contributed by atoms with Crippen molar-refractivity contribution in [3.05, 3.63) is 105 Å². The molecule has 0 bridgehead atoms. The summed E-state index contributed by atoms with van der Waals surface area (Å²) in [4.78, 5) is 20.8. The maximum atomic E-state index is 12.1. The van der Waals surface area contributed by atoms with Crippen LogP contribution >= 0.6 is 11.6 Å². The Hall–Kier alpha value is -5.13. The van der Waals surface area contributed by atoms with E-state index < -0.39 is 12.0 Å². The van der Waals surface area contributed by atoms with Crippen molar-refractivity contribution in [3.63, 3.8) is 0 Å². The van der Waals surface area contributed by atoms with Gasteiger partial charge in [0.15, 0.2) is 0 Å². The van der Waals surface area contributed by atoms with Crippen molar-refractivity contribution < 1.29 is 24.1 Å². The number of carboxylic acid groups (broad SMARTS) is 1. The Labute approximate surface area is 353 Å². The number of likely N-dealkylation sites (tertiary alicyclic amines) is 2. The molecule has 1 aromatic heterocycles. The summed E-state index contributed by atoms with van der Waals surface area (Å²) in [6, 6.07) is 21.8. The Balaban J connectivity index is 1.01. The molecule has 4 aromatic rings. The lowest BCUT2D eigenvalue weighted by Crippen LogP contribution is -2.44. The fourth-order valence-electron chi connectivity index (χ4n) is 9.22. The first-order valence-corrected chi connectivity index (χ1v) is 21.4. The summed E-state index contributed by atoms with van der Waals surface area (Å²) in [7, 11) is 0. The largest absolute Gasteiger partial charge is 0.493 e. The van der Waals surface area contributed by atoms with E-state index in [1.807, 2.05) is 17.0 Å². The average Bonchev–Trinajstić information content (AvgIpc) is 3.64. The van der Waals surface area contributed by atoms with E-state index in [4.69, 9.17) is 25.8 Å². The molecule has 59 heavy (non-hydrogen) atoms. The smallest absolute Gasteiger partial charge is 0.320 e. The lowest BCUT2D eigenvalue weighted by Gasteiger charge is -2.35. The van der Waals surface area contributed by atoms with Crippen LogP contribution < -0.4 is 14.2 Å². The van der Waals surface area contributed by atoms with Crippen LogP contribution in [0.25, 0.3) is 11.1 Å². The van der Waals surface area contributed by atoms with Gasteiger partial charge in [-0.05, 0) is 130 Å². The molecule has 0 amide bonds. The topological polar surface area (TPSA) is 132 Å². The number of rotatable bonds is 15. The summed E-state index contributed by atoms with van der Waals surface area (Å²) < 4.78 is 19.2. The first-order chi connectivity index (χ1) is 28.6. The molecule has 3 heterocycles. The number of benzene rings is 3. The first kappa shape index (κ1) is 42.0. The van der Waals surface area contributed by atoms with E-state index in [2.05, 4.69) is 66.2 Å². The fraction of sp³-hybridized carbons (Fsp3) is 0.458. The number of piperidine rings is 1. The van der Waals surface area contributed by atoms with E-state index in [1.165, 1.54) is 25.5 Å². The van der Waals surface area contributed by atoms with Gasteiger partial charge >= 0.3 is 5.97 Å². The summed E-state index contributed by atoms with van der Waals surface area (Å²) in [5.74, 6) is 1.29. The van der Waals surface area contributed by atoms with E-state index in [1.54, 1.807) is 18.3 Å². The predicted octanol–water partition coefficient (Wildman–Crippen LogP) is 9.66. The number of carboxylic acids is 1. The molecular weight excluding hydrogens is 762 g/mol. The van der Waals surface area contributed by atoms with Crippen LogP contribution in [-0.2, 0) is 24.6 Å². The van der Waals surface area contributed by atoms with Crippen molar-refractivity contribution in [2.75, 3.05) is 32.8 Å². The maximum Gasteiger partial charge on any atom is 0.320 e. The molecule has 7 rings (SSSR count). The fourth-order valence-corrected chi connectivity index (χ4v) is 9.46. The molecule has 2 aliphatic heterocycles. The molecule has 3 aliphatic rings. The summed E-state index contributed by atoms with van der Waals surface area (Å²) in [6.07, 6.45) is 12.2. The molecule has 3 fully saturated rings. The normalized spacial score (nSPS) is 20.8. The van der Waals surface area contributed by atoms with Gasteiger partial charge in [0, 0.05) is 55.1 Å². The lowest BCUT2D eigenvalue weighted by molar-refractivity contribution is -0.144. The zero-order valence-electron chi connectivity index (χ0n) is 34.2. The van der Waals surface area contributed by atoms with Gasteiger partial charge in [-0.1, -0.05) is 48.4 Å². The van der Waals surface area contributed by atoms with Gasteiger partial charge in [-0.2, -0.15) is 10.5 Å². The van der Waals surface area contributed by atoms with Crippen LogP contribution in [0.2, 0.25) is 5.02 Å². The van der Waals surface area contributed by atoms with E-state index in [-0.39, 0.29) is 19.1 Å². The summed E-state index contributed by atoms with van der Waals surface area (Å²) >= 11 is 6.89. The van der Waals surface area contributed by atoms with Gasteiger partial charge in [-0.3, -0.25) is 14.7 Å². The molecule has 1 aliphatic carbocycles. The van der Waals surface area contributed by atoms with E-state index in [0.29, 0.717) is 53.6 Å². The van der Waals surface area contributed by atoms with Gasteiger partial charge in [0.25, 0.3) is 0 Å². The number of ether oxygens (including phenoxy) is 3. The molecule has 1 spiro atoms. The van der Waals surface area contributed by atoms with Crippen LogP contribution in [0.15, 0.2) is 67.0 Å². The number of halogens is 1. The predicted molar refractivity (Wildman–Crippen MR) is 227 cm³/mol. The zero-order valence-corrected chi connectivity index (χ0v) is 35.0. The number of nitrogens with zero attached hydrogens (tertiary/aromatic N) is 5.